The summed E-state index contributed by atoms with van der Waals surface area (Å²) in [4.78, 5) is 18.6. The quantitative estimate of drug-likeness (QED) is 0.666. The van der Waals surface area contributed by atoms with Crippen LogP contribution in [0.2, 0.25) is 0 Å². The van der Waals surface area contributed by atoms with E-state index >= 15 is 0 Å². The van der Waals surface area contributed by atoms with Gasteiger partial charge in [-0.15, -0.1) is 0 Å². The van der Waals surface area contributed by atoms with Crippen LogP contribution in [0.15, 0.2) is 32.6 Å². The zero-order valence-corrected chi connectivity index (χ0v) is 12.7. The summed E-state index contributed by atoms with van der Waals surface area (Å²) in [6.45, 7) is 0. The third kappa shape index (κ3) is 2.60. The molecule has 1 aromatic carbocycles. The average Bonchev–Trinajstić information content (AvgIpc) is 2.46. The van der Waals surface area contributed by atoms with Gasteiger partial charge in [-0.2, -0.15) is 10.5 Å². The highest BCUT2D eigenvalue weighted by atomic mass is 79.9. The van der Waals surface area contributed by atoms with Crippen molar-refractivity contribution in [3.63, 3.8) is 0 Å². The van der Waals surface area contributed by atoms with Gasteiger partial charge >= 0.3 is 0 Å². The fourth-order valence-corrected chi connectivity index (χ4v) is 2.46. The van der Waals surface area contributed by atoms with Crippen molar-refractivity contribution in [1.29, 1.82) is 10.5 Å². The Morgan fingerprint density at radius 2 is 2.10 bits per heavy atom. The van der Waals surface area contributed by atoms with Gasteiger partial charge < -0.3 is 4.98 Å². The first-order valence-corrected chi connectivity index (χ1v) is 7.41. The monoisotopic (exact) mass is 346 g/mol. The molecule has 0 bridgehead atoms. The lowest BCUT2D eigenvalue weighted by molar-refractivity contribution is 0.937. The Labute approximate surface area is 127 Å². The molecule has 0 radical (unpaired) electrons. The number of nitrogens with one attached hydrogen (secondary N) is 1. The molecule has 0 aliphatic carbocycles. The Balaban J connectivity index is 2.72. The lowest BCUT2D eigenvalue weighted by Crippen LogP contribution is -2.14. The van der Waals surface area contributed by atoms with E-state index in [9.17, 15) is 4.79 Å². The number of aromatic amines is 1. The molecule has 0 spiro atoms. The van der Waals surface area contributed by atoms with E-state index in [0.29, 0.717) is 26.4 Å². The average molecular weight is 347 g/mol. The molecule has 0 aliphatic heterocycles. The molecule has 98 valence electrons. The molecule has 0 saturated carbocycles. The number of H-pyrrole nitrogens is 1. The SMILES string of the molecule is CSc1nc(-c2ccc(C#N)c(Br)c2)c(C#N)c(=O)[nH]1. The van der Waals surface area contributed by atoms with Gasteiger partial charge in [-0.05, 0) is 34.3 Å². The molecule has 0 atom stereocenters. The fraction of sp³-hybridized carbons (Fsp3) is 0.0769. The second kappa shape index (κ2) is 5.91. The summed E-state index contributed by atoms with van der Waals surface area (Å²) in [5, 5.41) is 18.4. The topological polar surface area (TPSA) is 93.3 Å². The Hall–Kier alpha value is -2.09. The third-order valence-electron chi connectivity index (χ3n) is 2.57. The highest BCUT2D eigenvalue weighted by Gasteiger charge is 2.14. The van der Waals surface area contributed by atoms with Crippen molar-refractivity contribution >= 4 is 27.7 Å². The Kier molecular flexibility index (Phi) is 4.23. The van der Waals surface area contributed by atoms with Crippen LogP contribution in [-0.2, 0) is 0 Å². The molecule has 0 amide bonds. The predicted octanol–water partition coefficient (Wildman–Crippen LogP) is 2.66. The zero-order chi connectivity index (χ0) is 14.7. The van der Waals surface area contributed by atoms with Crippen molar-refractivity contribution in [3.8, 4) is 23.4 Å². The molecule has 1 aromatic heterocycles. The van der Waals surface area contributed by atoms with Crippen LogP contribution in [0, 0.1) is 22.7 Å². The maximum absolute atomic E-state index is 11.8. The van der Waals surface area contributed by atoms with Crippen molar-refractivity contribution in [1.82, 2.24) is 9.97 Å². The van der Waals surface area contributed by atoms with Crippen molar-refractivity contribution in [2.75, 3.05) is 6.26 Å². The zero-order valence-electron chi connectivity index (χ0n) is 10.3. The number of hydrogen-bond donors (Lipinski definition) is 1. The second-order valence-electron chi connectivity index (χ2n) is 3.72. The molecule has 1 heterocycles. The van der Waals surface area contributed by atoms with E-state index in [1.807, 2.05) is 12.1 Å². The van der Waals surface area contributed by atoms with Crippen LogP contribution < -0.4 is 5.56 Å². The highest BCUT2D eigenvalue weighted by molar-refractivity contribution is 9.10. The van der Waals surface area contributed by atoms with Gasteiger partial charge in [0.25, 0.3) is 5.56 Å². The molecular formula is C13H7BrN4OS. The molecule has 2 aromatic rings. The maximum Gasteiger partial charge on any atom is 0.270 e. The van der Waals surface area contributed by atoms with Crippen molar-refractivity contribution < 1.29 is 0 Å². The largest absolute Gasteiger partial charge is 0.300 e. The first-order chi connectivity index (χ1) is 9.60. The van der Waals surface area contributed by atoms with E-state index in [2.05, 4.69) is 25.9 Å². The Morgan fingerprint density at radius 1 is 1.35 bits per heavy atom. The Morgan fingerprint density at radius 3 is 2.65 bits per heavy atom. The maximum atomic E-state index is 11.8. The van der Waals surface area contributed by atoms with Crippen LogP contribution in [0.3, 0.4) is 0 Å². The molecular weight excluding hydrogens is 340 g/mol. The summed E-state index contributed by atoms with van der Waals surface area (Å²) >= 11 is 4.56. The number of hydrogen-bond acceptors (Lipinski definition) is 5. The van der Waals surface area contributed by atoms with Crippen LogP contribution in [0.4, 0.5) is 0 Å². The van der Waals surface area contributed by atoms with Gasteiger partial charge in [0.2, 0.25) is 0 Å². The summed E-state index contributed by atoms with van der Waals surface area (Å²) in [5.41, 5.74) is 0.878. The van der Waals surface area contributed by atoms with Crippen LogP contribution >= 0.6 is 27.7 Å². The number of halogens is 1. The van der Waals surface area contributed by atoms with E-state index in [4.69, 9.17) is 10.5 Å². The van der Waals surface area contributed by atoms with Gasteiger partial charge in [0.1, 0.15) is 17.7 Å². The number of rotatable bonds is 2. The summed E-state index contributed by atoms with van der Waals surface area (Å²) in [7, 11) is 0. The van der Waals surface area contributed by atoms with Crippen LogP contribution in [-0.4, -0.2) is 16.2 Å². The van der Waals surface area contributed by atoms with E-state index in [1.54, 1.807) is 24.5 Å². The van der Waals surface area contributed by atoms with Gasteiger partial charge in [0.05, 0.1) is 11.3 Å². The van der Waals surface area contributed by atoms with E-state index in [-0.39, 0.29) is 5.56 Å². The third-order valence-corrected chi connectivity index (χ3v) is 3.80. The number of benzene rings is 1. The summed E-state index contributed by atoms with van der Waals surface area (Å²) < 4.78 is 0.592. The summed E-state index contributed by atoms with van der Waals surface area (Å²) in [6.07, 6.45) is 1.78. The lowest BCUT2D eigenvalue weighted by atomic mass is 10.1. The van der Waals surface area contributed by atoms with Gasteiger partial charge in [-0.25, -0.2) is 4.98 Å². The van der Waals surface area contributed by atoms with Gasteiger partial charge in [0, 0.05) is 10.0 Å². The minimum absolute atomic E-state index is 0.0422. The number of aromatic nitrogens is 2. The van der Waals surface area contributed by atoms with Crippen LogP contribution in [0.5, 0.6) is 0 Å². The molecule has 0 saturated heterocycles. The van der Waals surface area contributed by atoms with Gasteiger partial charge in [-0.1, -0.05) is 17.8 Å². The second-order valence-corrected chi connectivity index (χ2v) is 5.37. The van der Waals surface area contributed by atoms with Gasteiger partial charge in [0.15, 0.2) is 5.16 Å². The predicted molar refractivity (Wildman–Crippen MR) is 79.2 cm³/mol. The normalized spacial score (nSPS) is 9.80. The summed E-state index contributed by atoms with van der Waals surface area (Å²) in [6, 6.07) is 8.85. The van der Waals surface area contributed by atoms with Crippen molar-refractivity contribution in [3.05, 3.63) is 44.2 Å². The molecule has 7 heteroatoms. The first-order valence-electron chi connectivity index (χ1n) is 5.39. The molecule has 20 heavy (non-hydrogen) atoms. The molecule has 0 fully saturated rings. The molecule has 5 nitrogen and oxygen atoms in total. The number of nitrogens with zero attached hydrogens (tertiary/aromatic N) is 3. The van der Waals surface area contributed by atoms with Crippen LogP contribution in [0.1, 0.15) is 11.1 Å². The molecule has 1 N–H and O–H groups in total. The van der Waals surface area contributed by atoms with Crippen molar-refractivity contribution in [2.24, 2.45) is 0 Å². The molecule has 0 aliphatic rings. The van der Waals surface area contributed by atoms with E-state index < -0.39 is 5.56 Å². The fourth-order valence-electron chi connectivity index (χ4n) is 1.61. The molecule has 2 rings (SSSR count). The highest BCUT2D eigenvalue weighted by Crippen LogP contribution is 2.26. The first kappa shape index (κ1) is 14.3. The van der Waals surface area contributed by atoms with Crippen LogP contribution in [0.25, 0.3) is 11.3 Å². The van der Waals surface area contributed by atoms with E-state index in [0.717, 1.165) is 0 Å². The standard InChI is InChI=1S/C13H7BrN4OS/c1-20-13-17-11(9(6-16)12(19)18-13)7-2-3-8(5-15)10(14)4-7/h2-4H,1H3,(H,17,18,19). The number of nitriles is 2. The van der Waals surface area contributed by atoms with Crippen molar-refractivity contribution in [2.45, 2.75) is 5.16 Å². The number of thioether (sulfide) groups is 1. The van der Waals surface area contributed by atoms with Gasteiger partial charge in [-0.3, -0.25) is 4.79 Å². The Bertz CT molecular complexity index is 817. The van der Waals surface area contributed by atoms with E-state index in [1.165, 1.54) is 11.8 Å². The minimum Gasteiger partial charge on any atom is -0.300 e. The lowest BCUT2D eigenvalue weighted by Gasteiger charge is -2.06. The summed E-state index contributed by atoms with van der Waals surface area (Å²) in [5.74, 6) is 0. The smallest absolute Gasteiger partial charge is 0.270 e. The molecule has 0 unspecified atom stereocenters. The minimum atomic E-state index is -0.470.